The number of nitrogens with zero attached hydrogens (tertiary/aromatic N) is 2. The molecule has 1 unspecified atom stereocenters. The summed E-state index contributed by atoms with van der Waals surface area (Å²) in [6.07, 6.45) is 3.67. The largest absolute Gasteiger partial charge is 0.372 e. The quantitative estimate of drug-likeness (QED) is 0.833. The van der Waals surface area contributed by atoms with Crippen molar-refractivity contribution in [1.29, 1.82) is 0 Å². The van der Waals surface area contributed by atoms with Crippen LogP contribution in [0.5, 0.6) is 0 Å². The van der Waals surface area contributed by atoms with Crippen LogP contribution in [0.1, 0.15) is 30.9 Å². The van der Waals surface area contributed by atoms with Gasteiger partial charge in [0.05, 0.1) is 19.3 Å². The van der Waals surface area contributed by atoms with Crippen molar-refractivity contribution in [3.05, 3.63) is 59.9 Å². The SMILES string of the molecule is O=C(CN1CCOC(c2ccc(F)cc2)C1)Nc1ccc(N2CCCCC2)cc1. The van der Waals surface area contributed by atoms with Crippen LogP contribution in [0, 0.1) is 5.82 Å². The van der Waals surface area contributed by atoms with Gasteiger partial charge >= 0.3 is 0 Å². The van der Waals surface area contributed by atoms with Crippen molar-refractivity contribution >= 4 is 17.3 Å². The molecule has 2 aromatic rings. The average Bonchev–Trinajstić information content (AvgIpc) is 2.75. The zero-order valence-electron chi connectivity index (χ0n) is 16.6. The van der Waals surface area contributed by atoms with Crippen LogP contribution in [-0.4, -0.2) is 50.1 Å². The molecule has 4 rings (SSSR count). The number of anilines is 2. The molecule has 0 saturated carbocycles. The van der Waals surface area contributed by atoms with E-state index < -0.39 is 0 Å². The number of halogens is 1. The predicted octanol–water partition coefficient (Wildman–Crippen LogP) is 3.83. The van der Waals surface area contributed by atoms with Gasteiger partial charge in [-0.1, -0.05) is 12.1 Å². The molecular formula is C23H28FN3O2. The molecule has 0 aliphatic carbocycles. The summed E-state index contributed by atoms with van der Waals surface area (Å²) in [6, 6.07) is 14.5. The molecule has 154 valence electrons. The second kappa shape index (κ2) is 9.37. The van der Waals surface area contributed by atoms with Gasteiger partial charge in [0.25, 0.3) is 0 Å². The van der Waals surface area contributed by atoms with E-state index in [2.05, 4.69) is 27.2 Å². The molecule has 2 fully saturated rings. The third-order valence-electron chi connectivity index (χ3n) is 5.63. The van der Waals surface area contributed by atoms with Crippen molar-refractivity contribution in [2.75, 3.05) is 49.5 Å². The number of benzene rings is 2. The number of piperidine rings is 1. The molecule has 2 aromatic carbocycles. The van der Waals surface area contributed by atoms with E-state index >= 15 is 0 Å². The molecule has 1 amide bonds. The molecule has 1 atom stereocenters. The summed E-state index contributed by atoms with van der Waals surface area (Å²) in [5, 5.41) is 2.99. The van der Waals surface area contributed by atoms with Crippen molar-refractivity contribution in [1.82, 2.24) is 4.90 Å². The fourth-order valence-electron chi connectivity index (χ4n) is 4.04. The van der Waals surface area contributed by atoms with Gasteiger partial charge in [-0.15, -0.1) is 0 Å². The molecule has 0 bridgehead atoms. The second-order valence-corrected chi connectivity index (χ2v) is 7.79. The minimum Gasteiger partial charge on any atom is -0.372 e. The average molecular weight is 397 g/mol. The summed E-state index contributed by atoms with van der Waals surface area (Å²) in [5.74, 6) is -0.289. The van der Waals surface area contributed by atoms with E-state index in [1.807, 2.05) is 12.1 Å². The molecule has 2 saturated heterocycles. The molecule has 2 heterocycles. The first-order valence-corrected chi connectivity index (χ1v) is 10.4. The Morgan fingerprint density at radius 3 is 2.45 bits per heavy atom. The van der Waals surface area contributed by atoms with Crippen molar-refractivity contribution in [3.63, 3.8) is 0 Å². The number of carbonyl (C=O) groups is 1. The van der Waals surface area contributed by atoms with Gasteiger partial charge in [0.2, 0.25) is 5.91 Å². The van der Waals surface area contributed by atoms with Crippen LogP contribution < -0.4 is 10.2 Å². The van der Waals surface area contributed by atoms with Crippen LogP contribution in [0.4, 0.5) is 15.8 Å². The minimum atomic E-state index is -0.257. The Labute approximate surface area is 171 Å². The maximum Gasteiger partial charge on any atom is 0.238 e. The standard InChI is InChI=1S/C23H28FN3O2/c24-19-6-4-18(5-7-19)22-16-26(14-15-29-22)17-23(28)25-20-8-10-21(11-9-20)27-12-2-1-3-13-27/h4-11,22H,1-3,12-17H2,(H,25,28). The number of nitrogens with one attached hydrogen (secondary N) is 1. The topological polar surface area (TPSA) is 44.8 Å². The number of hydrogen-bond acceptors (Lipinski definition) is 4. The van der Waals surface area contributed by atoms with E-state index in [1.165, 1.54) is 37.1 Å². The van der Waals surface area contributed by atoms with Crippen molar-refractivity contribution < 1.29 is 13.9 Å². The fourth-order valence-corrected chi connectivity index (χ4v) is 4.04. The number of carbonyl (C=O) groups excluding carboxylic acids is 1. The Balaban J connectivity index is 1.29. The number of rotatable bonds is 5. The predicted molar refractivity (Wildman–Crippen MR) is 113 cm³/mol. The molecule has 2 aliphatic rings. The molecule has 0 radical (unpaired) electrons. The summed E-state index contributed by atoms with van der Waals surface area (Å²) in [6.45, 7) is 4.41. The zero-order valence-corrected chi connectivity index (χ0v) is 16.6. The maximum atomic E-state index is 13.1. The summed E-state index contributed by atoms with van der Waals surface area (Å²) < 4.78 is 18.9. The summed E-state index contributed by atoms with van der Waals surface area (Å²) in [7, 11) is 0. The van der Waals surface area contributed by atoms with Crippen LogP contribution in [0.25, 0.3) is 0 Å². The smallest absolute Gasteiger partial charge is 0.238 e. The Bertz CT molecular complexity index is 804. The molecule has 5 nitrogen and oxygen atoms in total. The lowest BCUT2D eigenvalue weighted by atomic mass is 10.1. The Kier molecular flexibility index (Phi) is 6.42. The van der Waals surface area contributed by atoms with Crippen LogP contribution in [0.2, 0.25) is 0 Å². The Morgan fingerprint density at radius 2 is 1.72 bits per heavy atom. The van der Waals surface area contributed by atoms with E-state index in [9.17, 15) is 9.18 Å². The van der Waals surface area contributed by atoms with Gasteiger partial charge in [0.15, 0.2) is 0 Å². The van der Waals surface area contributed by atoms with E-state index in [-0.39, 0.29) is 17.8 Å². The minimum absolute atomic E-state index is 0.0320. The highest BCUT2D eigenvalue weighted by atomic mass is 19.1. The third-order valence-corrected chi connectivity index (χ3v) is 5.63. The normalized spacial score (nSPS) is 20.4. The van der Waals surface area contributed by atoms with E-state index in [0.29, 0.717) is 26.2 Å². The zero-order chi connectivity index (χ0) is 20.1. The first kappa shape index (κ1) is 19.9. The first-order valence-electron chi connectivity index (χ1n) is 10.4. The van der Waals surface area contributed by atoms with Crippen molar-refractivity contribution in [3.8, 4) is 0 Å². The van der Waals surface area contributed by atoms with Gasteiger partial charge in [-0.3, -0.25) is 9.69 Å². The number of amides is 1. The summed E-state index contributed by atoms with van der Waals surface area (Å²) in [4.78, 5) is 17.0. The number of hydrogen-bond donors (Lipinski definition) is 1. The molecule has 1 N–H and O–H groups in total. The summed E-state index contributed by atoms with van der Waals surface area (Å²) >= 11 is 0. The molecule has 6 heteroatoms. The maximum absolute atomic E-state index is 13.1. The molecule has 0 aromatic heterocycles. The highest BCUT2D eigenvalue weighted by Crippen LogP contribution is 2.23. The molecule has 0 spiro atoms. The van der Waals surface area contributed by atoms with Crippen molar-refractivity contribution in [2.24, 2.45) is 0 Å². The van der Waals surface area contributed by atoms with Crippen LogP contribution in [-0.2, 0) is 9.53 Å². The van der Waals surface area contributed by atoms with Gasteiger partial charge in [-0.05, 0) is 61.2 Å². The number of ether oxygens (including phenoxy) is 1. The lowest BCUT2D eigenvalue weighted by Crippen LogP contribution is -2.42. The third kappa shape index (κ3) is 5.34. The van der Waals surface area contributed by atoms with E-state index in [1.54, 1.807) is 12.1 Å². The lowest BCUT2D eigenvalue weighted by molar-refractivity contribution is -0.119. The van der Waals surface area contributed by atoms with E-state index in [0.717, 1.165) is 24.3 Å². The molecular weight excluding hydrogens is 369 g/mol. The monoisotopic (exact) mass is 397 g/mol. The first-order chi connectivity index (χ1) is 14.2. The second-order valence-electron chi connectivity index (χ2n) is 7.79. The highest BCUT2D eigenvalue weighted by molar-refractivity contribution is 5.92. The van der Waals surface area contributed by atoms with Gasteiger partial charge in [0.1, 0.15) is 5.82 Å². The van der Waals surface area contributed by atoms with Crippen LogP contribution in [0.15, 0.2) is 48.5 Å². The lowest BCUT2D eigenvalue weighted by Gasteiger charge is -2.32. The Hall–Kier alpha value is -2.44. The molecule has 29 heavy (non-hydrogen) atoms. The van der Waals surface area contributed by atoms with Crippen LogP contribution in [0.3, 0.4) is 0 Å². The van der Waals surface area contributed by atoms with E-state index in [4.69, 9.17) is 4.74 Å². The summed E-state index contributed by atoms with van der Waals surface area (Å²) in [5.41, 5.74) is 2.97. The molecule has 2 aliphatic heterocycles. The van der Waals surface area contributed by atoms with Crippen molar-refractivity contribution in [2.45, 2.75) is 25.4 Å². The Morgan fingerprint density at radius 1 is 1.00 bits per heavy atom. The van der Waals surface area contributed by atoms with Gasteiger partial charge in [-0.25, -0.2) is 4.39 Å². The van der Waals surface area contributed by atoms with Crippen LogP contribution >= 0.6 is 0 Å². The fraction of sp³-hybridized carbons (Fsp3) is 0.435. The van der Waals surface area contributed by atoms with Gasteiger partial charge in [0, 0.05) is 37.6 Å². The van der Waals surface area contributed by atoms with Gasteiger partial charge < -0.3 is 15.0 Å². The van der Waals surface area contributed by atoms with Gasteiger partial charge in [-0.2, -0.15) is 0 Å². The number of morpholine rings is 1. The highest BCUT2D eigenvalue weighted by Gasteiger charge is 2.23.